The highest BCUT2D eigenvalue weighted by Gasteiger charge is 2.56. The second kappa shape index (κ2) is 2.39. The highest BCUT2D eigenvalue weighted by molar-refractivity contribution is 5.07. The Kier molecular flexibility index (Phi) is 1.86. The van der Waals surface area contributed by atoms with Crippen molar-refractivity contribution in [3.8, 4) is 0 Å². The van der Waals surface area contributed by atoms with Gasteiger partial charge in [-0.25, -0.2) is 0 Å². The van der Waals surface area contributed by atoms with E-state index in [1.165, 1.54) is 0 Å². The van der Waals surface area contributed by atoms with E-state index in [1.54, 1.807) is 0 Å². The molecule has 0 bridgehead atoms. The van der Waals surface area contributed by atoms with E-state index in [2.05, 4.69) is 20.4 Å². The highest BCUT2D eigenvalue weighted by Crippen LogP contribution is 2.60. The molecule has 1 aliphatic carbocycles. The Hall–Kier alpha value is -0.300. The zero-order valence-electron chi connectivity index (χ0n) is 6.80. The first-order valence-corrected chi connectivity index (χ1v) is 3.88. The zero-order valence-corrected chi connectivity index (χ0v) is 6.80. The van der Waals surface area contributed by atoms with E-state index in [0.29, 0.717) is 23.9 Å². The molecule has 1 saturated carbocycles. The molecule has 0 aromatic carbocycles. The van der Waals surface area contributed by atoms with Crippen LogP contribution in [-0.2, 0) is 0 Å². The van der Waals surface area contributed by atoms with Crippen LogP contribution in [0.15, 0.2) is 12.7 Å². The molecule has 1 fully saturated rings. The van der Waals surface area contributed by atoms with E-state index in [9.17, 15) is 0 Å². The van der Waals surface area contributed by atoms with Gasteiger partial charge in [-0.15, -0.1) is 6.58 Å². The number of aliphatic hydroxyl groups is 1. The van der Waals surface area contributed by atoms with E-state index in [-0.39, 0.29) is 0 Å². The maximum atomic E-state index is 8.90. The molecular formula is C9H16O. The second-order valence-electron chi connectivity index (χ2n) is 3.58. The van der Waals surface area contributed by atoms with Crippen LogP contribution in [0.25, 0.3) is 0 Å². The average Bonchev–Trinajstić information content (AvgIpc) is 2.37. The lowest BCUT2D eigenvalue weighted by Crippen LogP contribution is -1.99. The third-order valence-corrected chi connectivity index (χ3v) is 3.16. The maximum Gasteiger partial charge on any atom is 0.0467 e. The molecule has 3 unspecified atom stereocenters. The van der Waals surface area contributed by atoms with Crippen LogP contribution in [0, 0.1) is 17.3 Å². The molecule has 1 rings (SSSR count). The molecule has 0 saturated heterocycles. The van der Waals surface area contributed by atoms with Gasteiger partial charge in [-0.05, 0) is 23.7 Å². The third-order valence-electron chi connectivity index (χ3n) is 3.16. The molecule has 0 spiro atoms. The topological polar surface area (TPSA) is 20.2 Å². The molecular weight excluding hydrogens is 124 g/mol. The Morgan fingerprint density at radius 2 is 2.30 bits per heavy atom. The van der Waals surface area contributed by atoms with Gasteiger partial charge in [0.15, 0.2) is 0 Å². The first kappa shape index (κ1) is 7.80. The van der Waals surface area contributed by atoms with Crippen molar-refractivity contribution in [1.29, 1.82) is 0 Å². The summed E-state index contributed by atoms with van der Waals surface area (Å²) < 4.78 is 0. The molecule has 0 radical (unpaired) electrons. The second-order valence-corrected chi connectivity index (χ2v) is 3.58. The first-order valence-electron chi connectivity index (χ1n) is 3.88. The van der Waals surface area contributed by atoms with Crippen LogP contribution < -0.4 is 0 Å². The fourth-order valence-corrected chi connectivity index (χ4v) is 1.93. The molecule has 10 heavy (non-hydrogen) atoms. The largest absolute Gasteiger partial charge is 0.396 e. The Labute approximate surface area is 62.8 Å². The van der Waals surface area contributed by atoms with Crippen LogP contribution in [0.4, 0.5) is 0 Å². The van der Waals surface area contributed by atoms with Crippen molar-refractivity contribution in [2.75, 3.05) is 6.61 Å². The van der Waals surface area contributed by atoms with Gasteiger partial charge in [0.25, 0.3) is 0 Å². The number of aliphatic hydroxyl groups excluding tert-OH is 1. The van der Waals surface area contributed by atoms with Crippen LogP contribution in [0.2, 0.25) is 0 Å². The fraction of sp³-hybridized carbons (Fsp3) is 0.778. The molecule has 0 aliphatic heterocycles. The first-order chi connectivity index (χ1) is 4.66. The standard InChI is InChI=1S/C9H16O/c1-4-5-9(3)7(2)8(9)6-10/h4,7-8,10H,1,5-6H2,2-3H3. The zero-order chi connectivity index (χ0) is 7.78. The van der Waals surface area contributed by atoms with Crippen molar-refractivity contribution >= 4 is 0 Å². The smallest absolute Gasteiger partial charge is 0.0467 e. The Morgan fingerprint density at radius 1 is 1.70 bits per heavy atom. The van der Waals surface area contributed by atoms with Crippen LogP contribution in [0.1, 0.15) is 20.3 Å². The minimum atomic E-state index is 0.339. The summed E-state index contributed by atoms with van der Waals surface area (Å²) in [7, 11) is 0. The molecule has 58 valence electrons. The van der Waals surface area contributed by atoms with E-state index >= 15 is 0 Å². The molecule has 1 nitrogen and oxygen atoms in total. The van der Waals surface area contributed by atoms with Crippen molar-refractivity contribution in [2.45, 2.75) is 20.3 Å². The maximum absolute atomic E-state index is 8.90. The summed E-state index contributed by atoms with van der Waals surface area (Å²) in [5.74, 6) is 1.20. The molecule has 3 atom stereocenters. The average molecular weight is 140 g/mol. The predicted octanol–water partition coefficient (Wildman–Crippen LogP) is 1.83. The molecule has 0 heterocycles. The van der Waals surface area contributed by atoms with Crippen molar-refractivity contribution < 1.29 is 5.11 Å². The summed E-state index contributed by atoms with van der Waals surface area (Å²) in [5.41, 5.74) is 0.358. The van der Waals surface area contributed by atoms with E-state index < -0.39 is 0 Å². The molecule has 0 amide bonds. The van der Waals surface area contributed by atoms with Crippen LogP contribution >= 0.6 is 0 Å². The van der Waals surface area contributed by atoms with Gasteiger partial charge < -0.3 is 5.11 Å². The van der Waals surface area contributed by atoms with Crippen molar-refractivity contribution in [2.24, 2.45) is 17.3 Å². The Bertz CT molecular complexity index is 142. The summed E-state index contributed by atoms with van der Waals surface area (Å²) in [6.07, 6.45) is 2.99. The van der Waals surface area contributed by atoms with Crippen LogP contribution in [0.3, 0.4) is 0 Å². The van der Waals surface area contributed by atoms with Gasteiger partial charge in [0.2, 0.25) is 0 Å². The van der Waals surface area contributed by atoms with Gasteiger partial charge >= 0.3 is 0 Å². The quantitative estimate of drug-likeness (QED) is 0.593. The third kappa shape index (κ3) is 0.891. The highest BCUT2D eigenvalue weighted by atomic mass is 16.3. The summed E-state index contributed by atoms with van der Waals surface area (Å²) in [5, 5.41) is 8.90. The van der Waals surface area contributed by atoms with Crippen LogP contribution in [-0.4, -0.2) is 11.7 Å². The number of allylic oxidation sites excluding steroid dienone is 1. The SMILES string of the molecule is C=CCC1(C)C(C)C1CO. The minimum absolute atomic E-state index is 0.339. The summed E-state index contributed by atoms with van der Waals surface area (Å²) in [6, 6.07) is 0. The van der Waals surface area contributed by atoms with Crippen molar-refractivity contribution in [3.63, 3.8) is 0 Å². The number of hydrogen-bond donors (Lipinski definition) is 1. The van der Waals surface area contributed by atoms with Crippen molar-refractivity contribution in [3.05, 3.63) is 12.7 Å². The van der Waals surface area contributed by atoms with Gasteiger partial charge in [-0.1, -0.05) is 19.9 Å². The summed E-state index contributed by atoms with van der Waals surface area (Å²) in [4.78, 5) is 0. The monoisotopic (exact) mass is 140 g/mol. The van der Waals surface area contributed by atoms with Gasteiger partial charge in [0.1, 0.15) is 0 Å². The van der Waals surface area contributed by atoms with E-state index in [4.69, 9.17) is 5.11 Å². The molecule has 0 aromatic heterocycles. The summed E-state index contributed by atoms with van der Waals surface area (Å²) >= 11 is 0. The molecule has 0 aromatic rings. The van der Waals surface area contributed by atoms with Crippen LogP contribution in [0.5, 0.6) is 0 Å². The normalized spacial score (nSPS) is 45.1. The van der Waals surface area contributed by atoms with Gasteiger partial charge in [-0.2, -0.15) is 0 Å². The summed E-state index contributed by atoms with van der Waals surface area (Å²) in [6.45, 7) is 8.47. The predicted molar refractivity (Wildman–Crippen MR) is 42.7 cm³/mol. The lowest BCUT2D eigenvalue weighted by molar-refractivity contribution is 0.252. The Balaban J connectivity index is 2.49. The Morgan fingerprint density at radius 3 is 2.60 bits per heavy atom. The van der Waals surface area contributed by atoms with E-state index in [1.807, 2.05) is 6.08 Å². The van der Waals surface area contributed by atoms with Gasteiger partial charge in [0.05, 0.1) is 0 Å². The lowest BCUT2D eigenvalue weighted by atomic mass is 10.0. The van der Waals surface area contributed by atoms with Gasteiger partial charge in [-0.3, -0.25) is 0 Å². The van der Waals surface area contributed by atoms with Crippen molar-refractivity contribution in [1.82, 2.24) is 0 Å². The minimum Gasteiger partial charge on any atom is -0.396 e. The van der Waals surface area contributed by atoms with E-state index in [0.717, 1.165) is 6.42 Å². The molecule has 1 heteroatoms. The fourth-order valence-electron chi connectivity index (χ4n) is 1.93. The molecule has 1 N–H and O–H groups in total. The van der Waals surface area contributed by atoms with Gasteiger partial charge in [0, 0.05) is 6.61 Å². The number of hydrogen-bond acceptors (Lipinski definition) is 1. The molecule has 1 aliphatic rings. The number of rotatable bonds is 3. The lowest BCUT2D eigenvalue weighted by Gasteiger charge is -2.05.